The van der Waals surface area contributed by atoms with Gasteiger partial charge in [-0.2, -0.15) is 0 Å². The Hall–Kier alpha value is -1.88. The van der Waals surface area contributed by atoms with Crippen molar-refractivity contribution in [2.45, 2.75) is 0 Å². The average molecular weight is 208 g/mol. The van der Waals surface area contributed by atoms with Gasteiger partial charge < -0.3 is 16.2 Å². The Morgan fingerprint density at radius 2 is 2.00 bits per heavy atom. The van der Waals surface area contributed by atoms with Crippen LogP contribution >= 0.6 is 0 Å². The minimum Gasteiger partial charge on any atom is -0.395 e. The van der Waals surface area contributed by atoms with Crippen LogP contribution in [-0.2, 0) is 0 Å². The summed E-state index contributed by atoms with van der Waals surface area (Å²) in [6.07, 6.45) is 0. The standard InChI is InChI=1S/C10H12N2O3/c11-9(14)7-2-1-3-8(6-7)10(15)12-4-5-13/h1-3,6,13H,4-5H2,(H2,11,14)(H,12,15). The van der Waals surface area contributed by atoms with Crippen molar-refractivity contribution in [3.8, 4) is 0 Å². The van der Waals surface area contributed by atoms with Crippen LogP contribution in [0.1, 0.15) is 20.7 Å². The van der Waals surface area contributed by atoms with Gasteiger partial charge in [-0.25, -0.2) is 0 Å². The normalized spacial score (nSPS) is 9.67. The summed E-state index contributed by atoms with van der Waals surface area (Å²) in [7, 11) is 0. The van der Waals surface area contributed by atoms with Crippen LogP contribution in [0.2, 0.25) is 0 Å². The molecule has 0 aliphatic carbocycles. The van der Waals surface area contributed by atoms with Crippen LogP contribution in [0.3, 0.4) is 0 Å². The van der Waals surface area contributed by atoms with Crippen molar-refractivity contribution in [1.82, 2.24) is 5.32 Å². The van der Waals surface area contributed by atoms with Crippen molar-refractivity contribution in [1.29, 1.82) is 0 Å². The smallest absolute Gasteiger partial charge is 0.251 e. The number of nitrogens with two attached hydrogens (primary N) is 1. The summed E-state index contributed by atoms with van der Waals surface area (Å²) in [5, 5.41) is 11.0. The van der Waals surface area contributed by atoms with E-state index >= 15 is 0 Å². The maximum atomic E-state index is 11.4. The Bertz CT molecular complexity index is 377. The topological polar surface area (TPSA) is 92.4 Å². The third-order valence-electron chi connectivity index (χ3n) is 1.81. The zero-order valence-corrected chi connectivity index (χ0v) is 8.06. The fraction of sp³-hybridized carbons (Fsp3) is 0.200. The number of hydrogen-bond donors (Lipinski definition) is 3. The van der Waals surface area contributed by atoms with E-state index in [-0.39, 0.29) is 24.6 Å². The van der Waals surface area contributed by atoms with Crippen LogP contribution in [0.25, 0.3) is 0 Å². The van der Waals surface area contributed by atoms with Gasteiger partial charge in [0.15, 0.2) is 0 Å². The fourth-order valence-corrected chi connectivity index (χ4v) is 1.09. The van der Waals surface area contributed by atoms with E-state index in [4.69, 9.17) is 10.8 Å². The van der Waals surface area contributed by atoms with Crippen LogP contribution in [0.15, 0.2) is 24.3 Å². The number of nitrogens with one attached hydrogen (secondary N) is 1. The minimum atomic E-state index is -0.577. The second-order valence-corrected chi connectivity index (χ2v) is 2.92. The lowest BCUT2D eigenvalue weighted by atomic mass is 10.1. The van der Waals surface area contributed by atoms with Gasteiger partial charge in [0.1, 0.15) is 0 Å². The first kappa shape index (κ1) is 11.2. The second kappa shape index (κ2) is 5.11. The van der Waals surface area contributed by atoms with Gasteiger partial charge in [0.2, 0.25) is 5.91 Å². The van der Waals surface area contributed by atoms with Gasteiger partial charge in [-0.3, -0.25) is 9.59 Å². The van der Waals surface area contributed by atoms with Gasteiger partial charge in [-0.1, -0.05) is 6.07 Å². The van der Waals surface area contributed by atoms with Gasteiger partial charge in [-0.05, 0) is 18.2 Å². The zero-order chi connectivity index (χ0) is 11.3. The first-order chi connectivity index (χ1) is 7.15. The molecule has 4 N–H and O–H groups in total. The summed E-state index contributed by atoms with van der Waals surface area (Å²) in [6.45, 7) is 0.0564. The zero-order valence-electron chi connectivity index (χ0n) is 8.06. The monoisotopic (exact) mass is 208 g/mol. The van der Waals surface area contributed by atoms with Crippen molar-refractivity contribution >= 4 is 11.8 Å². The van der Waals surface area contributed by atoms with E-state index in [0.29, 0.717) is 5.56 Å². The van der Waals surface area contributed by atoms with Crippen LogP contribution in [-0.4, -0.2) is 30.1 Å². The first-order valence-electron chi connectivity index (χ1n) is 4.44. The molecule has 2 amide bonds. The largest absolute Gasteiger partial charge is 0.395 e. The van der Waals surface area contributed by atoms with Crippen LogP contribution in [0, 0.1) is 0 Å². The number of carbonyl (C=O) groups is 2. The maximum Gasteiger partial charge on any atom is 0.251 e. The number of hydrogen-bond acceptors (Lipinski definition) is 3. The molecule has 15 heavy (non-hydrogen) atoms. The molecule has 5 nitrogen and oxygen atoms in total. The molecule has 0 atom stereocenters. The number of carbonyl (C=O) groups excluding carboxylic acids is 2. The predicted octanol–water partition coefficient (Wildman–Crippen LogP) is -0.492. The first-order valence-corrected chi connectivity index (χ1v) is 4.44. The second-order valence-electron chi connectivity index (χ2n) is 2.92. The highest BCUT2D eigenvalue weighted by molar-refractivity contribution is 5.99. The highest BCUT2D eigenvalue weighted by Crippen LogP contribution is 2.04. The summed E-state index contributed by atoms with van der Waals surface area (Å²) in [6, 6.07) is 6.09. The Kier molecular flexibility index (Phi) is 3.82. The van der Waals surface area contributed by atoms with Crippen molar-refractivity contribution < 1.29 is 14.7 Å². The number of aliphatic hydroxyl groups excluding tert-OH is 1. The Morgan fingerprint density at radius 3 is 2.60 bits per heavy atom. The molecule has 0 heterocycles. The van der Waals surface area contributed by atoms with E-state index in [1.54, 1.807) is 12.1 Å². The lowest BCUT2D eigenvalue weighted by Crippen LogP contribution is -2.26. The van der Waals surface area contributed by atoms with Gasteiger partial charge in [-0.15, -0.1) is 0 Å². The van der Waals surface area contributed by atoms with Crippen molar-refractivity contribution in [3.63, 3.8) is 0 Å². The summed E-state index contributed by atoms with van der Waals surface area (Å²) in [5.74, 6) is -0.918. The molecule has 80 valence electrons. The summed E-state index contributed by atoms with van der Waals surface area (Å²) >= 11 is 0. The van der Waals surface area contributed by atoms with Crippen molar-refractivity contribution in [2.24, 2.45) is 5.73 Å². The molecule has 0 bridgehead atoms. The number of amides is 2. The highest BCUT2D eigenvalue weighted by atomic mass is 16.3. The van der Waals surface area contributed by atoms with E-state index in [9.17, 15) is 9.59 Å². The Morgan fingerprint density at radius 1 is 1.33 bits per heavy atom. The van der Waals surface area contributed by atoms with E-state index in [0.717, 1.165) is 0 Å². The number of aliphatic hydroxyl groups is 1. The van der Waals surface area contributed by atoms with Crippen molar-refractivity contribution in [3.05, 3.63) is 35.4 Å². The Balaban J connectivity index is 2.81. The molecule has 0 spiro atoms. The Labute approximate surface area is 86.9 Å². The predicted molar refractivity (Wildman–Crippen MR) is 54.4 cm³/mol. The fourth-order valence-electron chi connectivity index (χ4n) is 1.09. The van der Waals surface area contributed by atoms with Gasteiger partial charge >= 0.3 is 0 Å². The van der Waals surface area contributed by atoms with E-state index in [1.165, 1.54) is 12.1 Å². The van der Waals surface area contributed by atoms with Crippen LogP contribution in [0.5, 0.6) is 0 Å². The molecule has 0 radical (unpaired) electrons. The van der Waals surface area contributed by atoms with Gasteiger partial charge in [0.25, 0.3) is 5.91 Å². The molecule has 5 heteroatoms. The molecule has 1 rings (SSSR count). The van der Waals surface area contributed by atoms with E-state index in [1.807, 2.05) is 0 Å². The molecule has 1 aromatic carbocycles. The highest BCUT2D eigenvalue weighted by Gasteiger charge is 2.07. The number of primary amides is 1. The quantitative estimate of drug-likeness (QED) is 0.623. The van der Waals surface area contributed by atoms with Gasteiger partial charge in [0.05, 0.1) is 6.61 Å². The molecule has 0 saturated heterocycles. The number of benzene rings is 1. The number of rotatable bonds is 4. The molecule has 0 unspecified atom stereocenters. The van der Waals surface area contributed by atoms with Crippen LogP contribution < -0.4 is 11.1 Å². The third kappa shape index (κ3) is 3.07. The lowest BCUT2D eigenvalue weighted by Gasteiger charge is -2.03. The molecule has 0 saturated carbocycles. The summed E-state index contributed by atoms with van der Waals surface area (Å²) < 4.78 is 0. The lowest BCUT2D eigenvalue weighted by molar-refractivity contribution is 0.0945. The summed E-state index contributed by atoms with van der Waals surface area (Å²) in [5.41, 5.74) is 5.70. The van der Waals surface area contributed by atoms with Gasteiger partial charge in [0, 0.05) is 17.7 Å². The van der Waals surface area contributed by atoms with E-state index < -0.39 is 5.91 Å². The molecule has 0 fully saturated rings. The maximum absolute atomic E-state index is 11.4. The molecule has 0 aromatic heterocycles. The third-order valence-corrected chi connectivity index (χ3v) is 1.81. The van der Waals surface area contributed by atoms with E-state index in [2.05, 4.69) is 5.32 Å². The molecule has 0 aliphatic heterocycles. The van der Waals surface area contributed by atoms with Crippen LogP contribution in [0.4, 0.5) is 0 Å². The minimum absolute atomic E-state index is 0.124. The molecular formula is C10H12N2O3. The van der Waals surface area contributed by atoms with Crippen molar-refractivity contribution in [2.75, 3.05) is 13.2 Å². The molecular weight excluding hydrogens is 196 g/mol. The molecule has 0 aliphatic rings. The molecule has 1 aromatic rings. The SMILES string of the molecule is NC(=O)c1cccc(C(=O)NCCO)c1. The summed E-state index contributed by atoms with van der Waals surface area (Å²) in [4.78, 5) is 22.2. The average Bonchev–Trinajstić information content (AvgIpc) is 2.26.